The molecule has 0 heterocycles. The van der Waals surface area contributed by atoms with Crippen LogP contribution in [0, 0.1) is 56.5 Å². The molecule has 0 unspecified atom stereocenters. The molecule has 0 aromatic rings. The number of hydrogen-bond donors (Lipinski definition) is 0. The molecule has 4 aliphatic rings. The standard InChI is InChI=1S/C29H47NO4/c1-18(2)8-7-9-19(3)23-10-11-24-22-17-27(30(32)33)26-16-21(34-20(4)31)12-14-29(26,6)25(22)13-15-28(23,24)5/h16,18-19,21-25,27H,7-15,17H2,1-6H3/t19-,21+,22+,23-,24+,25+,27+,28-,29-/m1/s1. The summed E-state index contributed by atoms with van der Waals surface area (Å²) < 4.78 is 5.48. The summed E-state index contributed by atoms with van der Waals surface area (Å²) in [6.07, 6.45) is 12.9. The fraction of sp³-hybridized carbons (Fsp3) is 0.897. The monoisotopic (exact) mass is 473 g/mol. The molecule has 3 saturated carbocycles. The summed E-state index contributed by atoms with van der Waals surface area (Å²) in [6, 6.07) is -0.630. The van der Waals surface area contributed by atoms with Gasteiger partial charge in [-0.05, 0) is 90.9 Å². The van der Waals surface area contributed by atoms with Crippen LogP contribution < -0.4 is 0 Å². The number of carbonyl (C=O) groups is 1. The molecule has 5 nitrogen and oxygen atoms in total. The first-order valence-corrected chi connectivity index (χ1v) is 14.0. The normalized spacial score (nSPS) is 42.3. The molecule has 9 atom stereocenters. The van der Waals surface area contributed by atoms with E-state index in [0.29, 0.717) is 29.6 Å². The Hall–Kier alpha value is -1.39. The van der Waals surface area contributed by atoms with Crippen molar-refractivity contribution in [1.29, 1.82) is 0 Å². The van der Waals surface area contributed by atoms with Crippen molar-refractivity contribution in [2.45, 2.75) is 118 Å². The van der Waals surface area contributed by atoms with E-state index in [1.54, 1.807) is 0 Å². The van der Waals surface area contributed by atoms with E-state index in [-0.39, 0.29) is 22.4 Å². The van der Waals surface area contributed by atoms with Crippen LogP contribution in [0.3, 0.4) is 0 Å². The van der Waals surface area contributed by atoms with Crippen LogP contribution >= 0.6 is 0 Å². The summed E-state index contributed by atoms with van der Waals surface area (Å²) >= 11 is 0. The summed E-state index contributed by atoms with van der Waals surface area (Å²) in [5.74, 6) is 3.53. The predicted octanol–water partition coefficient (Wildman–Crippen LogP) is 7.21. The summed E-state index contributed by atoms with van der Waals surface area (Å²) in [7, 11) is 0. The van der Waals surface area contributed by atoms with E-state index in [0.717, 1.165) is 36.2 Å². The molecule has 4 aliphatic carbocycles. The zero-order valence-corrected chi connectivity index (χ0v) is 22.3. The maximum Gasteiger partial charge on any atom is 0.303 e. The molecule has 0 amide bonds. The van der Waals surface area contributed by atoms with E-state index in [9.17, 15) is 14.9 Å². The van der Waals surface area contributed by atoms with Crippen LogP contribution in [0.5, 0.6) is 0 Å². The van der Waals surface area contributed by atoms with Gasteiger partial charge in [-0.2, -0.15) is 0 Å². The van der Waals surface area contributed by atoms with Crippen molar-refractivity contribution < 1.29 is 14.5 Å². The van der Waals surface area contributed by atoms with Gasteiger partial charge in [0.2, 0.25) is 6.04 Å². The van der Waals surface area contributed by atoms with Gasteiger partial charge >= 0.3 is 5.97 Å². The Morgan fingerprint density at radius 2 is 1.85 bits per heavy atom. The lowest BCUT2D eigenvalue weighted by molar-refractivity contribution is -0.521. The fourth-order valence-corrected chi connectivity index (χ4v) is 9.27. The molecule has 0 N–H and O–H groups in total. The van der Waals surface area contributed by atoms with Crippen LogP contribution in [-0.2, 0) is 9.53 Å². The predicted molar refractivity (Wildman–Crippen MR) is 135 cm³/mol. The maximum absolute atomic E-state index is 12.3. The van der Waals surface area contributed by atoms with E-state index in [1.165, 1.54) is 51.9 Å². The van der Waals surface area contributed by atoms with Crippen LogP contribution in [0.4, 0.5) is 0 Å². The fourth-order valence-electron chi connectivity index (χ4n) is 9.27. The smallest absolute Gasteiger partial charge is 0.303 e. The minimum atomic E-state index is -0.630. The summed E-state index contributed by atoms with van der Waals surface area (Å²) in [5.41, 5.74) is 1.14. The topological polar surface area (TPSA) is 69.4 Å². The second-order valence-corrected chi connectivity index (χ2v) is 13.2. The van der Waals surface area contributed by atoms with Gasteiger partial charge in [-0.25, -0.2) is 0 Å². The first-order valence-electron chi connectivity index (χ1n) is 14.0. The zero-order chi connectivity index (χ0) is 24.8. The van der Waals surface area contributed by atoms with Gasteiger partial charge in [-0.15, -0.1) is 0 Å². The van der Waals surface area contributed by atoms with Crippen LogP contribution in [0.2, 0.25) is 0 Å². The van der Waals surface area contributed by atoms with E-state index in [1.807, 2.05) is 6.08 Å². The van der Waals surface area contributed by atoms with Gasteiger partial charge in [0.1, 0.15) is 6.10 Å². The lowest BCUT2D eigenvalue weighted by Crippen LogP contribution is -2.55. The van der Waals surface area contributed by atoms with Crippen molar-refractivity contribution in [2.75, 3.05) is 0 Å². The molecule has 0 aromatic carbocycles. The van der Waals surface area contributed by atoms with Crippen LogP contribution in [0.25, 0.3) is 0 Å². The number of nitrogens with zero attached hydrogens (tertiary/aromatic N) is 1. The van der Waals surface area contributed by atoms with Gasteiger partial charge in [0.25, 0.3) is 0 Å². The van der Waals surface area contributed by atoms with Gasteiger partial charge in [0, 0.05) is 23.8 Å². The Morgan fingerprint density at radius 3 is 2.50 bits per heavy atom. The summed E-state index contributed by atoms with van der Waals surface area (Å²) in [4.78, 5) is 23.8. The molecule has 0 aromatic heterocycles. The second-order valence-electron chi connectivity index (χ2n) is 13.2. The van der Waals surface area contributed by atoms with Gasteiger partial charge in [-0.1, -0.05) is 53.9 Å². The zero-order valence-electron chi connectivity index (χ0n) is 22.3. The average molecular weight is 474 g/mol. The molecule has 192 valence electrons. The SMILES string of the molecule is CC(=O)O[C@@H]1C=C2[C@@H]([N+](=O)[O-])C[C@H]3[C@@H]4CC[C@H]([C@H](C)CCCC(C)C)[C@@]4(C)CC[C@@H]3[C@@]2(C)CC1. The molecular formula is C29H47NO4. The number of fused-ring (bicyclic) bond motifs is 5. The molecule has 0 saturated heterocycles. The largest absolute Gasteiger partial charge is 0.458 e. The highest BCUT2D eigenvalue weighted by atomic mass is 16.6. The lowest BCUT2D eigenvalue weighted by atomic mass is 9.45. The van der Waals surface area contributed by atoms with Crippen molar-refractivity contribution >= 4 is 5.97 Å². The number of hydrogen-bond acceptors (Lipinski definition) is 4. The molecule has 5 heteroatoms. The Bertz CT molecular complexity index is 821. The highest BCUT2D eigenvalue weighted by molar-refractivity contribution is 5.66. The third kappa shape index (κ3) is 4.46. The van der Waals surface area contributed by atoms with Crippen LogP contribution in [0.15, 0.2) is 11.6 Å². The number of rotatable bonds is 7. The maximum atomic E-state index is 12.3. The Labute approximate surface area is 206 Å². The van der Waals surface area contributed by atoms with E-state index < -0.39 is 6.04 Å². The minimum absolute atomic E-state index is 0.0383. The Morgan fingerprint density at radius 1 is 1.12 bits per heavy atom. The van der Waals surface area contributed by atoms with Gasteiger partial charge in [-0.3, -0.25) is 14.9 Å². The Kier molecular flexibility index (Phi) is 7.24. The van der Waals surface area contributed by atoms with Crippen molar-refractivity contribution in [1.82, 2.24) is 0 Å². The highest BCUT2D eigenvalue weighted by Crippen LogP contribution is 2.68. The van der Waals surface area contributed by atoms with Crippen LogP contribution in [-0.4, -0.2) is 23.0 Å². The van der Waals surface area contributed by atoms with E-state index in [2.05, 4.69) is 34.6 Å². The van der Waals surface area contributed by atoms with E-state index in [4.69, 9.17) is 4.74 Å². The number of ether oxygens (including phenoxy) is 1. The minimum Gasteiger partial charge on any atom is -0.458 e. The average Bonchev–Trinajstić information content (AvgIpc) is 3.10. The molecule has 4 rings (SSSR count). The van der Waals surface area contributed by atoms with Crippen molar-refractivity contribution in [3.63, 3.8) is 0 Å². The molecule has 0 aliphatic heterocycles. The van der Waals surface area contributed by atoms with Gasteiger partial charge in [0.05, 0.1) is 0 Å². The second kappa shape index (κ2) is 9.58. The quantitative estimate of drug-likeness (QED) is 0.169. The molecule has 0 bridgehead atoms. The van der Waals surface area contributed by atoms with Crippen molar-refractivity contribution in [3.05, 3.63) is 21.8 Å². The summed E-state index contributed by atoms with van der Waals surface area (Å²) in [6.45, 7) is 13.4. The van der Waals surface area contributed by atoms with Gasteiger partial charge in [0.15, 0.2) is 0 Å². The van der Waals surface area contributed by atoms with E-state index >= 15 is 0 Å². The third-order valence-electron chi connectivity index (χ3n) is 10.9. The van der Waals surface area contributed by atoms with Crippen molar-refractivity contribution in [3.8, 4) is 0 Å². The summed E-state index contributed by atoms with van der Waals surface area (Å²) in [5, 5.41) is 12.3. The lowest BCUT2D eigenvalue weighted by Gasteiger charge is -2.59. The van der Waals surface area contributed by atoms with Gasteiger partial charge < -0.3 is 4.74 Å². The molecule has 3 fully saturated rings. The number of nitro groups is 1. The molecule has 0 radical (unpaired) electrons. The number of carbonyl (C=O) groups excluding carboxylic acids is 1. The number of esters is 1. The third-order valence-corrected chi connectivity index (χ3v) is 10.9. The first-order chi connectivity index (χ1) is 16.0. The first kappa shape index (κ1) is 25.7. The van der Waals surface area contributed by atoms with Crippen molar-refractivity contribution in [2.24, 2.45) is 46.3 Å². The van der Waals surface area contributed by atoms with Crippen LogP contribution in [0.1, 0.15) is 106 Å². The highest BCUT2D eigenvalue weighted by Gasteiger charge is 2.63. The molecular weight excluding hydrogens is 426 g/mol. The molecule has 34 heavy (non-hydrogen) atoms. The molecule has 0 spiro atoms. The Balaban J connectivity index is 1.57.